The van der Waals surface area contributed by atoms with Crippen LogP contribution in [0.4, 0.5) is 0 Å². The molecular formula is C13H20N4O2S2. The summed E-state index contributed by atoms with van der Waals surface area (Å²) in [7, 11) is 0.137. The third kappa shape index (κ3) is 3.76. The minimum Gasteiger partial charge on any atom is -0.388 e. The molecule has 0 radical (unpaired) electrons. The highest BCUT2D eigenvalue weighted by molar-refractivity contribution is 7.89. The lowest BCUT2D eigenvalue weighted by Crippen LogP contribution is -2.33. The summed E-state index contributed by atoms with van der Waals surface area (Å²) in [4.78, 5) is 6.52. The Hall–Kier alpha value is -1.09. The standard InChI is InChI=1S/C13H20N4O2S2/c1-16-6-5-10(8-16)9-17(2)21(18,19)11-3-4-12(13(14)20)15-7-11/h3-4,7,10H,5-6,8-9H2,1-2H3,(H2,14,20). The molecule has 1 saturated heterocycles. The van der Waals surface area contributed by atoms with Crippen LogP contribution >= 0.6 is 12.2 Å². The zero-order chi connectivity index (χ0) is 15.6. The molecule has 0 spiro atoms. The maximum atomic E-state index is 12.5. The van der Waals surface area contributed by atoms with Crippen LogP contribution in [0.5, 0.6) is 0 Å². The number of sulfonamides is 1. The lowest BCUT2D eigenvalue weighted by Gasteiger charge is -2.20. The second-order valence-corrected chi connectivity index (χ2v) is 7.93. The van der Waals surface area contributed by atoms with Gasteiger partial charge in [-0.2, -0.15) is 0 Å². The molecule has 2 heterocycles. The first-order chi connectivity index (χ1) is 9.80. The van der Waals surface area contributed by atoms with Crippen LogP contribution in [0.25, 0.3) is 0 Å². The molecule has 6 nitrogen and oxygen atoms in total. The van der Waals surface area contributed by atoms with Crippen LogP contribution in [-0.2, 0) is 10.0 Å². The molecule has 2 N–H and O–H groups in total. The van der Waals surface area contributed by atoms with Gasteiger partial charge in [-0.05, 0) is 38.1 Å². The molecule has 1 fully saturated rings. The SMILES string of the molecule is CN1CCC(CN(C)S(=O)(=O)c2ccc(C(N)=S)nc2)C1. The monoisotopic (exact) mass is 328 g/mol. The first kappa shape index (κ1) is 16.3. The van der Waals surface area contributed by atoms with E-state index >= 15 is 0 Å². The number of likely N-dealkylation sites (tertiary alicyclic amines) is 1. The van der Waals surface area contributed by atoms with Gasteiger partial charge in [0.05, 0.1) is 5.69 Å². The number of hydrogen-bond donors (Lipinski definition) is 1. The zero-order valence-electron chi connectivity index (χ0n) is 12.2. The van der Waals surface area contributed by atoms with Crippen molar-refractivity contribution in [2.45, 2.75) is 11.3 Å². The minimum atomic E-state index is -3.52. The van der Waals surface area contributed by atoms with E-state index in [2.05, 4.69) is 9.88 Å². The molecule has 21 heavy (non-hydrogen) atoms. The van der Waals surface area contributed by atoms with Crippen molar-refractivity contribution in [3.05, 3.63) is 24.0 Å². The average molecular weight is 328 g/mol. The van der Waals surface area contributed by atoms with Gasteiger partial charge in [0.25, 0.3) is 0 Å². The molecular weight excluding hydrogens is 308 g/mol. The van der Waals surface area contributed by atoms with Gasteiger partial charge in [-0.15, -0.1) is 0 Å². The molecule has 0 saturated carbocycles. The lowest BCUT2D eigenvalue weighted by molar-refractivity contribution is 0.356. The number of aromatic nitrogens is 1. The summed E-state index contributed by atoms with van der Waals surface area (Å²) in [5, 5.41) is 0. The van der Waals surface area contributed by atoms with E-state index < -0.39 is 10.0 Å². The van der Waals surface area contributed by atoms with Crippen molar-refractivity contribution in [2.24, 2.45) is 11.7 Å². The molecule has 2 rings (SSSR count). The van der Waals surface area contributed by atoms with Gasteiger partial charge in [-0.1, -0.05) is 12.2 Å². The second kappa shape index (κ2) is 6.35. The Bertz CT molecular complexity index is 616. The van der Waals surface area contributed by atoms with Crippen molar-refractivity contribution in [1.29, 1.82) is 0 Å². The van der Waals surface area contributed by atoms with E-state index in [0.717, 1.165) is 19.5 Å². The normalized spacial score (nSPS) is 20.0. The Morgan fingerprint density at radius 3 is 2.76 bits per heavy atom. The summed E-state index contributed by atoms with van der Waals surface area (Å²) in [6.07, 6.45) is 2.33. The van der Waals surface area contributed by atoms with Crippen LogP contribution in [0.2, 0.25) is 0 Å². The van der Waals surface area contributed by atoms with Gasteiger partial charge in [0.2, 0.25) is 10.0 Å². The first-order valence-corrected chi connectivity index (χ1v) is 8.56. The van der Waals surface area contributed by atoms with Crippen molar-refractivity contribution >= 4 is 27.2 Å². The third-order valence-corrected chi connectivity index (χ3v) is 5.72. The molecule has 1 unspecified atom stereocenters. The largest absolute Gasteiger partial charge is 0.388 e. The van der Waals surface area contributed by atoms with Gasteiger partial charge in [-0.25, -0.2) is 12.7 Å². The second-order valence-electron chi connectivity index (χ2n) is 5.45. The number of nitrogens with two attached hydrogens (primary N) is 1. The molecule has 1 aromatic rings. The zero-order valence-corrected chi connectivity index (χ0v) is 13.8. The predicted octanol–water partition coefficient (Wildman–Crippen LogP) is 0.288. The van der Waals surface area contributed by atoms with Gasteiger partial charge in [-0.3, -0.25) is 4.98 Å². The number of thiocarbonyl (C=S) groups is 1. The van der Waals surface area contributed by atoms with Gasteiger partial charge >= 0.3 is 0 Å². The summed E-state index contributed by atoms with van der Waals surface area (Å²) in [5.74, 6) is 0.374. The van der Waals surface area contributed by atoms with E-state index in [9.17, 15) is 8.42 Å². The first-order valence-electron chi connectivity index (χ1n) is 6.71. The maximum absolute atomic E-state index is 12.5. The molecule has 1 aliphatic rings. The summed E-state index contributed by atoms with van der Waals surface area (Å²) in [6, 6.07) is 3.03. The van der Waals surface area contributed by atoms with Crippen LogP contribution in [0, 0.1) is 5.92 Å². The van der Waals surface area contributed by atoms with Gasteiger partial charge in [0.15, 0.2) is 0 Å². The Morgan fingerprint density at radius 1 is 1.57 bits per heavy atom. The number of hydrogen-bond acceptors (Lipinski definition) is 5. The summed E-state index contributed by atoms with van der Waals surface area (Å²) in [6.45, 7) is 2.46. The van der Waals surface area contributed by atoms with E-state index in [4.69, 9.17) is 18.0 Å². The van der Waals surface area contributed by atoms with Gasteiger partial charge < -0.3 is 10.6 Å². The Morgan fingerprint density at radius 2 is 2.29 bits per heavy atom. The van der Waals surface area contributed by atoms with Crippen molar-refractivity contribution in [2.75, 3.05) is 33.7 Å². The molecule has 0 aromatic carbocycles. The van der Waals surface area contributed by atoms with Crippen molar-refractivity contribution in [1.82, 2.24) is 14.2 Å². The third-order valence-electron chi connectivity index (χ3n) is 3.70. The van der Waals surface area contributed by atoms with Crippen LogP contribution in [0.3, 0.4) is 0 Å². The molecule has 116 valence electrons. The van der Waals surface area contributed by atoms with Crippen LogP contribution in [0.1, 0.15) is 12.1 Å². The topological polar surface area (TPSA) is 79.5 Å². The van der Waals surface area contributed by atoms with Crippen LogP contribution in [0.15, 0.2) is 23.2 Å². The Labute approximate surface area is 131 Å². The highest BCUT2D eigenvalue weighted by Gasteiger charge is 2.27. The highest BCUT2D eigenvalue weighted by Crippen LogP contribution is 2.19. The minimum absolute atomic E-state index is 0.154. The van der Waals surface area contributed by atoms with Gasteiger partial charge in [0, 0.05) is 26.3 Å². The fourth-order valence-corrected chi connectivity index (χ4v) is 3.81. The number of nitrogens with zero attached hydrogens (tertiary/aromatic N) is 3. The van der Waals surface area contributed by atoms with E-state index in [-0.39, 0.29) is 9.88 Å². The summed E-state index contributed by atoms with van der Waals surface area (Å²) >= 11 is 4.81. The fourth-order valence-electron chi connectivity index (χ4n) is 2.50. The van der Waals surface area contributed by atoms with E-state index in [1.54, 1.807) is 7.05 Å². The Balaban J connectivity index is 2.11. The highest BCUT2D eigenvalue weighted by atomic mass is 32.2. The molecule has 8 heteroatoms. The molecule has 1 aromatic heterocycles. The fraction of sp³-hybridized carbons (Fsp3) is 0.538. The molecule has 0 amide bonds. The number of pyridine rings is 1. The smallest absolute Gasteiger partial charge is 0.244 e. The predicted molar refractivity (Wildman–Crippen MR) is 85.5 cm³/mol. The van der Waals surface area contributed by atoms with Crippen LogP contribution in [-0.4, -0.2) is 61.3 Å². The van der Waals surface area contributed by atoms with Gasteiger partial charge in [0.1, 0.15) is 9.88 Å². The average Bonchev–Trinajstić information content (AvgIpc) is 2.84. The summed E-state index contributed by atoms with van der Waals surface area (Å²) < 4.78 is 26.4. The van der Waals surface area contributed by atoms with Crippen molar-refractivity contribution in [3.63, 3.8) is 0 Å². The molecule has 0 aliphatic carbocycles. The maximum Gasteiger partial charge on any atom is 0.244 e. The lowest BCUT2D eigenvalue weighted by atomic mass is 10.1. The van der Waals surface area contributed by atoms with E-state index in [0.29, 0.717) is 18.2 Å². The summed E-state index contributed by atoms with van der Waals surface area (Å²) in [5.41, 5.74) is 5.88. The van der Waals surface area contributed by atoms with E-state index in [1.807, 2.05) is 7.05 Å². The Kier molecular flexibility index (Phi) is 4.92. The van der Waals surface area contributed by atoms with Crippen LogP contribution < -0.4 is 5.73 Å². The molecule has 0 bridgehead atoms. The van der Waals surface area contributed by atoms with E-state index in [1.165, 1.54) is 22.6 Å². The van der Waals surface area contributed by atoms with Crippen molar-refractivity contribution in [3.8, 4) is 0 Å². The quantitative estimate of drug-likeness (QED) is 0.783. The number of rotatable bonds is 5. The van der Waals surface area contributed by atoms with Crippen molar-refractivity contribution < 1.29 is 8.42 Å². The molecule has 1 atom stereocenters. The molecule has 1 aliphatic heterocycles.